The molecule has 1 fully saturated rings. The summed E-state index contributed by atoms with van der Waals surface area (Å²) in [6.07, 6.45) is 0.937. The Morgan fingerprint density at radius 2 is 2.08 bits per heavy atom. The first-order valence-corrected chi connectivity index (χ1v) is 7.16. The van der Waals surface area contributed by atoms with E-state index in [0.717, 1.165) is 0 Å². The number of halogens is 2. The molecule has 1 aromatic carbocycles. The lowest BCUT2D eigenvalue weighted by Crippen LogP contribution is -2.55. The molecular formula is C15H13F2N5O2. The van der Waals surface area contributed by atoms with Gasteiger partial charge >= 0.3 is 6.09 Å². The largest absolute Gasteiger partial charge is 0.465 e. The van der Waals surface area contributed by atoms with Crippen LogP contribution in [0.2, 0.25) is 0 Å². The van der Waals surface area contributed by atoms with E-state index in [1.165, 1.54) is 29.4 Å². The summed E-state index contributed by atoms with van der Waals surface area (Å²) in [5.74, 6) is -3.05. The van der Waals surface area contributed by atoms with Gasteiger partial charge in [-0.15, -0.1) is 0 Å². The molecule has 3 rings (SSSR count). The number of anilines is 1. The Bertz CT molecular complexity index is 836. The van der Waals surface area contributed by atoms with E-state index in [1.807, 2.05) is 6.07 Å². The van der Waals surface area contributed by atoms with Gasteiger partial charge in [-0.2, -0.15) is 5.26 Å². The van der Waals surface area contributed by atoms with E-state index in [9.17, 15) is 13.6 Å². The molecule has 9 heteroatoms. The molecule has 0 aliphatic carbocycles. The first kappa shape index (κ1) is 15.9. The molecule has 2 aromatic rings. The van der Waals surface area contributed by atoms with E-state index in [1.54, 1.807) is 0 Å². The van der Waals surface area contributed by atoms with Crippen molar-refractivity contribution in [3.8, 4) is 6.07 Å². The van der Waals surface area contributed by atoms with Crippen LogP contribution in [0.15, 0.2) is 24.5 Å². The summed E-state index contributed by atoms with van der Waals surface area (Å²) in [5, 5.41) is 20.0. The van der Waals surface area contributed by atoms with E-state index in [0.29, 0.717) is 22.3 Å². The quantitative estimate of drug-likeness (QED) is 0.871. The van der Waals surface area contributed by atoms with Crippen molar-refractivity contribution in [2.24, 2.45) is 0 Å². The highest BCUT2D eigenvalue weighted by molar-refractivity contribution is 5.92. The van der Waals surface area contributed by atoms with Crippen LogP contribution < -0.4 is 10.2 Å². The van der Waals surface area contributed by atoms with Crippen LogP contribution in [0.3, 0.4) is 0 Å². The monoisotopic (exact) mass is 333 g/mol. The number of amides is 1. The minimum absolute atomic E-state index is 0.0828. The second-order valence-electron chi connectivity index (χ2n) is 5.58. The van der Waals surface area contributed by atoms with Crippen molar-refractivity contribution in [2.75, 3.05) is 18.0 Å². The number of aromatic nitrogens is 2. The van der Waals surface area contributed by atoms with Gasteiger partial charge in [0.2, 0.25) is 0 Å². The number of piperidine rings is 1. The van der Waals surface area contributed by atoms with Crippen molar-refractivity contribution >= 4 is 22.8 Å². The fourth-order valence-electron chi connectivity index (χ4n) is 2.94. The number of alkyl halides is 2. The number of fused-ring (bicyclic) bond motifs is 1. The third kappa shape index (κ3) is 3.03. The van der Waals surface area contributed by atoms with Gasteiger partial charge in [-0.3, -0.25) is 9.97 Å². The van der Waals surface area contributed by atoms with Gasteiger partial charge in [0.05, 0.1) is 23.8 Å². The maximum absolute atomic E-state index is 14.0. The summed E-state index contributed by atoms with van der Waals surface area (Å²) < 4.78 is 28.0. The Balaban J connectivity index is 2.03. The Labute approximate surface area is 135 Å². The van der Waals surface area contributed by atoms with Crippen LogP contribution in [0.25, 0.3) is 11.0 Å². The molecule has 1 aliphatic heterocycles. The zero-order valence-corrected chi connectivity index (χ0v) is 12.4. The first-order chi connectivity index (χ1) is 11.4. The van der Waals surface area contributed by atoms with Gasteiger partial charge in [0.15, 0.2) is 0 Å². The average molecular weight is 333 g/mol. The fraction of sp³-hybridized carbons (Fsp3) is 0.333. The number of nitriles is 1. The van der Waals surface area contributed by atoms with Crippen LogP contribution in [0, 0.1) is 11.3 Å². The summed E-state index contributed by atoms with van der Waals surface area (Å²) in [7, 11) is 0. The lowest BCUT2D eigenvalue weighted by atomic mass is 10.0. The van der Waals surface area contributed by atoms with Gasteiger partial charge in [0.25, 0.3) is 5.92 Å². The van der Waals surface area contributed by atoms with E-state index < -0.39 is 31.0 Å². The van der Waals surface area contributed by atoms with Gasteiger partial charge in [-0.25, -0.2) is 13.6 Å². The molecule has 1 aliphatic rings. The van der Waals surface area contributed by atoms with Crippen LogP contribution in [0.4, 0.5) is 19.3 Å². The molecule has 0 bridgehead atoms. The number of rotatable bonds is 2. The van der Waals surface area contributed by atoms with Crippen molar-refractivity contribution in [2.45, 2.75) is 18.4 Å². The van der Waals surface area contributed by atoms with E-state index in [2.05, 4.69) is 15.3 Å². The molecular weight excluding hydrogens is 320 g/mol. The van der Waals surface area contributed by atoms with Gasteiger partial charge in [0, 0.05) is 25.4 Å². The Morgan fingerprint density at radius 1 is 1.38 bits per heavy atom. The molecule has 0 spiro atoms. The smallest absolute Gasteiger partial charge is 0.404 e. The predicted molar refractivity (Wildman–Crippen MR) is 81.0 cm³/mol. The van der Waals surface area contributed by atoms with Crippen molar-refractivity contribution in [1.29, 1.82) is 5.26 Å². The number of nitrogens with one attached hydrogen (secondary N) is 1. The van der Waals surface area contributed by atoms with Crippen LogP contribution in [-0.2, 0) is 0 Å². The topological polar surface area (TPSA) is 102 Å². The number of nitrogens with zero attached hydrogens (tertiary/aromatic N) is 4. The molecule has 0 saturated carbocycles. The third-order valence-corrected chi connectivity index (χ3v) is 3.80. The van der Waals surface area contributed by atoms with Crippen LogP contribution in [-0.4, -0.2) is 46.2 Å². The van der Waals surface area contributed by atoms with Crippen LogP contribution in [0.5, 0.6) is 0 Å². The van der Waals surface area contributed by atoms with Crippen molar-refractivity contribution in [1.82, 2.24) is 15.3 Å². The summed E-state index contributed by atoms with van der Waals surface area (Å²) in [6.45, 7) is -0.470. The second-order valence-corrected chi connectivity index (χ2v) is 5.58. The van der Waals surface area contributed by atoms with E-state index >= 15 is 0 Å². The van der Waals surface area contributed by atoms with E-state index in [4.69, 9.17) is 10.4 Å². The molecule has 24 heavy (non-hydrogen) atoms. The number of hydrogen-bond donors (Lipinski definition) is 2. The molecule has 1 amide bonds. The van der Waals surface area contributed by atoms with Crippen molar-refractivity contribution in [3.05, 3.63) is 30.1 Å². The maximum Gasteiger partial charge on any atom is 0.404 e. The summed E-state index contributed by atoms with van der Waals surface area (Å²) in [6, 6.07) is 4.12. The van der Waals surface area contributed by atoms with Gasteiger partial charge in [-0.05, 0) is 12.1 Å². The van der Waals surface area contributed by atoms with Crippen LogP contribution >= 0.6 is 0 Å². The molecule has 2 N–H and O–H groups in total. The molecule has 1 atom stereocenters. The van der Waals surface area contributed by atoms with Crippen LogP contribution in [0.1, 0.15) is 12.0 Å². The molecule has 0 radical (unpaired) electrons. The lowest BCUT2D eigenvalue weighted by molar-refractivity contribution is -0.0206. The number of carbonyl (C=O) groups is 1. The zero-order chi connectivity index (χ0) is 17.3. The molecule has 2 heterocycles. The molecule has 1 saturated heterocycles. The van der Waals surface area contributed by atoms with Crippen molar-refractivity contribution in [3.63, 3.8) is 0 Å². The second kappa shape index (κ2) is 5.88. The number of hydrogen-bond acceptors (Lipinski definition) is 5. The highest BCUT2D eigenvalue weighted by Gasteiger charge is 2.41. The van der Waals surface area contributed by atoms with Gasteiger partial charge in [0.1, 0.15) is 17.1 Å². The highest BCUT2D eigenvalue weighted by atomic mass is 19.3. The number of carboxylic acid groups (broad SMARTS) is 1. The zero-order valence-electron chi connectivity index (χ0n) is 12.4. The molecule has 124 valence electrons. The predicted octanol–water partition coefficient (Wildman–Crippen LogP) is 1.98. The minimum Gasteiger partial charge on any atom is -0.465 e. The molecule has 1 aromatic heterocycles. The van der Waals surface area contributed by atoms with Gasteiger partial charge < -0.3 is 15.3 Å². The Morgan fingerprint density at radius 3 is 2.75 bits per heavy atom. The summed E-state index contributed by atoms with van der Waals surface area (Å²) in [4.78, 5) is 20.4. The highest BCUT2D eigenvalue weighted by Crippen LogP contribution is 2.33. The molecule has 1 unspecified atom stereocenters. The standard InChI is InChI=1S/C15H13F2N5O2/c16-15(17)5-10(21-14(23)24)7-22(8-15)11-2-1-9(6-18)12-13(11)20-4-3-19-12/h1-4,10,21H,5,7-8H2,(H,23,24). The number of benzene rings is 1. The Kier molecular flexibility index (Phi) is 3.89. The third-order valence-electron chi connectivity index (χ3n) is 3.80. The SMILES string of the molecule is N#Cc1ccc(N2CC(NC(=O)O)CC(F)(F)C2)c2nccnc12. The minimum atomic E-state index is -3.05. The Hall–Kier alpha value is -3.02. The normalized spacial score (nSPS) is 19.7. The lowest BCUT2D eigenvalue weighted by Gasteiger charge is -2.38. The molecule has 7 nitrogen and oxygen atoms in total. The van der Waals surface area contributed by atoms with Gasteiger partial charge in [-0.1, -0.05) is 0 Å². The van der Waals surface area contributed by atoms with E-state index in [-0.39, 0.29) is 6.54 Å². The summed E-state index contributed by atoms with van der Waals surface area (Å²) >= 11 is 0. The van der Waals surface area contributed by atoms with Crippen molar-refractivity contribution < 1.29 is 18.7 Å². The average Bonchev–Trinajstić information content (AvgIpc) is 2.51. The maximum atomic E-state index is 14.0. The first-order valence-electron chi connectivity index (χ1n) is 7.16. The summed E-state index contributed by atoms with van der Waals surface area (Å²) in [5.41, 5.74) is 1.36. The fourth-order valence-corrected chi connectivity index (χ4v) is 2.94.